The average Bonchev–Trinajstić information content (AvgIpc) is 2.32. The van der Waals surface area contributed by atoms with E-state index in [9.17, 15) is 0 Å². The van der Waals surface area contributed by atoms with E-state index in [0.29, 0.717) is 16.9 Å². The second-order valence-corrected chi connectivity index (χ2v) is 5.96. The molecule has 0 saturated heterocycles. The standard InChI is InChI=1S/C14H13BrCl2N2/c1-8-5-10(3-4-11(8)15)7-18-13-9(2)6-12(16)19-14(13)17/h3-6,18H,7H2,1-2H3. The predicted molar refractivity (Wildman–Crippen MR) is 85.2 cm³/mol. The van der Waals surface area contributed by atoms with Crippen molar-refractivity contribution in [2.24, 2.45) is 0 Å². The molecule has 2 nitrogen and oxygen atoms in total. The molecule has 1 aromatic carbocycles. The molecule has 1 heterocycles. The molecule has 0 amide bonds. The van der Waals surface area contributed by atoms with Crippen molar-refractivity contribution >= 4 is 44.8 Å². The van der Waals surface area contributed by atoms with Gasteiger partial charge in [0.05, 0.1) is 5.69 Å². The van der Waals surface area contributed by atoms with Crippen LogP contribution < -0.4 is 5.32 Å². The molecule has 0 atom stereocenters. The Kier molecular flexibility index (Phi) is 4.71. The van der Waals surface area contributed by atoms with E-state index >= 15 is 0 Å². The van der Waals surface area contributed by atoms with Gasteiger partial charge < -0.3 is 5.32 Å². The van der Waals surface area contributed by atoms with Crippen molar-refractivity contribution in [3.8, 4) is 0 Å². The summed E-state index contributed by atoms with van der Waals surface area (Å²) in [5.41, 5.74) is 4.20. The topological polar surface area (TPSA) is 24.9 Å². The molecule has 19 heavy (non-hydrogen) atoms. The van der Waals surface area contributed by atoms with Crippen LogP contribution in [0.3, 0.4) is 0 Å². The van der Waals surface area contributed by atoms with Gasteiger partial charge in [0.15, 0.2) is 5.15 Å². The number of benzene rings is 1. The highest BCUT2D eigenvalue weighted by molar-refractivity contribution is 9.10. The highest BCUT2D eigenvalue weighted by Crippen LogP contribution is 2.27. The van der Waals surface area contributed by atoms with Gasteiger partial charge in [-0.15, -0.1) is 0 Å². The molecule has 0 aliphatic heterocycles. The van der Waals surface area contributed by atoms with Crippen LogP contribution >= 0.6 is 39.1 Å². The fourth-order valence-corrected chi connectivity index (χ4v) is 2.66. The second-order valence-electron chi connectivity index (χ2n) is 4.36. The fourth-order valence-electron chi connectivity index (χ4n) is 1.82. The third-order valence-corrected chi connectivity index (χ3v) is 4.19. The first-order valence-electron chi connectivity index (χ1n) is 5.79. The molecule has 0 spiro atoms. The van der Waals surface area contributed by atoms with Crippen LogP contribution in [0.15, 0.2) is 28.7 Å². The number of halogens is 3. The molecule has 0 saturated carbocycles. The summed E-state index contributed by atoms with van der Waals surface area (Å²) in [5.74, 6) is 0. The molecule has 5 heteroatoms. The fraction of sp³-hybridized carbons (Fsp3) is 0.214. The minimum Gasteiger partial charge on any atom is -0.378 e. The Morgan fingerprint density at radius 3 is 2.53 bits per heavy atom. The molecular formula is C14H13BrCl2N2. The Bertz CT molecular complexity index is 591. The smallest absolute Gasteiger partial charge is 0.154 e. The van der Waals surface area contributed by atoms with Gasteiger partial charge in [0.2, 0.25) is 0 Å². The van der Waals surface area contributed by atoms with Gasteiger partial charge in [0.1, 0.15) is 5.15 Å². The van der Waals surface area contributed by atoms with E-state index in [1.54, 1.807) is 6.07 Å². The van der Waals surface area contributed by atoms with E-state index in [2.05, 4.69) is 45.3 Å². The maximum Gasteiger partial charge on any atom is 0.154 e. The van der Waals surface area contributed by atoms with Crippen molar-refractivity contribution in [3.05, 3.63) is 55.7 Å². The summed E-state index contributed by atoms with van der Waals surface area (Å²) in [6.07, 6.45) is 0. The largest absolute Gasteiger partial charge is 0.378 e. The van der Waals surface area contributed by atoms with Gasteiger partial charge in [-0.25, -0.2) is 4.98 Å². The number of nitrogens with zero attached hydrogens (tertiary/aromatic N) is 1. The number of aromatic nitrogens is 1. The Morgan fingerprint density at radius 1 is 1.16 bits per heavy atom. The molecule has 100 valence electrons. The van der Waals surface area contributed by atoms with Crippen LogP contribution in [-0.4, -0.2) is 4.98 Å². The van der Waals surface area contributed by atoms with Crippen molar-refractivity contribution in [3.63, 3.8) is 0 Å². The first-order chi connectivity index (χ1) is 8.97. The molecular weight excluding hydrogens is 347 g/mol. The summed E-state index contributed by atoms with van der Waals surface area (Å²) in [4.78, 5) is 4.04. The van der Waals surface area contributed by atoms with E-state index in [1.807, 2.05) is 13.0 Å². The Balaban J connectivity index is 2.16. The van der Waals surface area contributed by atoms with Gasteiger partial charge >= 0.3 is 0 Å². The van der Waals surface area contributed by atoms with Crippen LogP contribution in [0.2, 0.25) is 10.3 Å². The summed E-state index contributed by atoms with van der Waals surface area (Å²) in [5, 5.41) is 4.11. The molecule has 0 unspecified atom stereocenters. The molecule has 2 rings (SSSR count). The Hall–Kier alpha value is -0.770. The number of nitrogens with one attached hydrogen (secondary N) is 1. The number of hydrogen-bond acceptors (Lipinski definition) is 2. The van der Waals surface area contributed by atoms with E-state index in [1.165, 1.54) is 11.1 Å². The van der Waals surface area contributed by atoms with Crippen molar-refractivity contribution in [1.82, 2.24) is 4.98 Å². The summed E-state index contributed by atoms with van der Waals surface area (Å²) in [7, 11) is 0. The van der Waals surface area contributed by atoms with Crippen molar-refractivity contribution < 1.29 is 0 Å². The average molecular weight is 360 g/mol. The summed E-state index contributed by atoms with van der Waals surface area (Å²) < 4.78 is 1.11. The first-order valence-corrected chi connectivity index (χ1v) is 7.34. The van der Waals surface area contributed by atoms with Gasteiger partial charge in [-0.3, -0.25) is 0 Å². The summed E-state index contributed by atoms with van der Waals surface area (Å²) in [6.45, 7) is 4.71. The van der Waals surface area contributed by atoms with Gasteiger partial charge in [0.25, 0.3) is 0 Å². The maximum atomic E-state index is 6.09. The van der Waals surface area contributed by atoms with Gasteiger partial charge in [-0.1, -0.05) is 51.3 Å². The lowest BCUT2D eigenvalue weighted by Gasteiger charge is -2.12. The van der Waals surface area contributed by atoms with Crippen molar-refractivity contribution in [2.75, 3.05) is 5.32 Å². The van der Waals surface area contributed by atoms with Crippen molar-refractivity contribution in [1.29, 1.82) is 0 Å². The number of aryl methyl sites for hydroxylation is 2. The third-order valence-electron chi connectivity index (χ3n) is 2.83. The van der Waals surface area contributed by atoms with Crippen LogP contribution in [0.4, 0.5) is 5.69 Å². The van der Waals surface area contributed by atoms with Gasteiger partial charge in [0, 0.05) is 11.0 Å². The molecule has 2 aromatic rings. The Morgan fingerprint density at radius 2 is 1.89 bits per heavy atom. The van der Waals surface area contributed by atoms with E-state index in [4.69, 9.17) is 23.2 Å². The lowest BCUT2D eigenvalue weighted by atomic mass is 10.1. The summed E-state index contributed by atoms with van der Waals surface area (Å²) >= 11 is 15.4. The minimum atomic E-state index is 0.402. The number of hydrogen-bond donors (Lipinski definition) is 1. The first kappa shape index (κ1) is 14.6. The predicted octanol–water partition coefficient (Wildman–Crippen LogP) is 5.38. The number of pyridine rings is 1. The van der Waals surface area contributed by atoms with Gasteiger partial charge in [-0.2, -0.15) is 0 Å². The number of anilines is 1. The van der Waals surface area contributed by atoms with Crippen LogP contribution in [0.25, 0.3) is 0 Å². The minimum absolute atomic E-state index is 0.402. The molecule has 0 radical (unpaired) electrons. The quantitative estimate of drug-likeness (QED) is 0.744. The van der Waals surface area contributed by atoms with Crippen LogP contribution in [0.5, 0.6) is 0 Å². The molecule has 1 N–H and O–H groups in total. The van der Waals surface area contributed by atoms with E-state index in [-0.39, 0.29) is 0 Å². The normalized spacial score (nSPS) is 10.6. The number of rotatable bonds is 3. The third kappa shape index (κ3) is 3.62. The lowest BCUT2D eigenvalue weighted by Crippen LogP contribution is -2.03. The Labute approximate surface area is 131 Å². The molecule has 0 bridgehead atoms. The van der Waals surface area contributed by atoms with Crippen LogP contribution in [-0.2, 0) is 6.54 Å². The molecule has 0 aliphatic rings. The molecule has 0 aliphatic carbocycles. The molecule has 0 fully saturated rings. The lowest BCUT2D eigenvalue weighted by molar-refractivity contribution is 1.12. The maximum absolute atomic E-state index is 6.09. The van der Waals surface area contributed by atoms with Crippen LogP contribution in [0.1, 0.15) is 16.7 Å². The molecule has 1 aromatic heterocycles. The zero-order valence-corrected chi connectivity index (χ0v) is 13.7. The van der Waals surface area contributed by atoms with Gasteiger partial charge in [-0.05, 0) is 42.7 Å². The summed E-state index contributed by atoms with van der Waals surface area (Å²) in [6, 6.07) is 8.03. The monoisotopic (exact) mass is 358 g/mol. The van der Waals surface area contributed by atoms with E-state index in [0.717, 1.165) is 15.7 Å². The highest BCUT2D eigenvalue weighted by atomic mass is 79.9. The SMILES string of the molecule is Cc1cc(CNc2c(C)cc(Cl)nc2Cl)ccc1Br. The zero-order chi connectivity index (χ0) is 14.0. The zero-order valence-electron chi connectivity index (χ0n) is 10.6. The van der Waals surface area contributed by atoms with Crippen LogP contribution in [0, 0.1) is 13.8 Å². The second kappa shape index (κ2) is 6.12. The van der Waals surface area contributed by atoms with E-state index < -0.39 is 0 Å². The van der Waals surface area contributed by atoms with Crippen molar-refractivity contribution in [2.45, 2.75) is 20.4 Å². The highest BCUT2D eigenvalue weighted by Gasteiger charge is 2.07.